The van der Waals surface area contributed by atoms with Gasteiger partial charge in [0, 0.05) is 24.2 Å². The van der Waals surface area contributed by atoms with E-state index in [2.05, 4.69) is 10.3 Å². The summed E-state index contributed by atoms with van der Waals surface area (Å²) in [5.41, 5.74) is 8.27. The van der Waals surface area contributed by atoms with Crippen LogP contribution in [0.2, 0.25) is 5.02 Å². The summed E-state index contributed by atoms with van der Waals surface area (Å²) >= 11 is 5.93. The van der Waals surface area contributed by atoms with Gasteiger partial charge in [-0.25, -0.2) is 4.68 Å². The predicted molar refractivity (Wildman–Crippen MR) is 59.3 cm³/mol. The Balaban J connectivity index is 2.57. The molecular weight excluding hydrogens is 212 g/mol. The second-order valence-corrected chi connectivity index (χ2v) is 3.66. The van der Waals surface area contributed by atoms with Crippen LogP contribution in [0.15, 0.2) is 24.3 Å². The van der Waals surface area contributed by atoms with Gasteiger partial charge in [0.1, 0.15) is 5.69 Å². The Morgan fingerprint density at radius 1 is 1.47 bits per heavy atom. The van der Waals surface area contributed by atoms with Crippen LogP contribution in [0, 0.1) is 0 Å². The molecule has 2 aromatic rings. The highest BCUT2D eigenvalue weighted by molar-refractivity contribution is 6.30. The predicted octanol–water partition coefficient (Wildman–Crippen LogP) is 1.59. The number of benzene rings is 1. The van der Waals surface area contributed by atoms with Gasteiger partial charge in [0.15, 0.2) is 0 Å². The smallest absolute Gasteiger partial charge is 0.104 e. The molecule has 0 spiro atoms. The fourth-order valence-electron chi connectivity index (χ4n) is 1.53. The highest BCUT2D eigenvalue weighted by Gasteiger charge is 2.11. The fraction of sp³-hybridized carbons (Fsp3) is 0.200. The highest BCUT2D eigenvalue weighted by atomic mass is 35.5. The minimum atomic E-state index is 0.371. The second-order valence-electron chi connectivity index (χ2n) is 3.22. The van der Waals surface area contributed by atoms with E-state index in [-0.39, 0.29) is 0 Å². The number of hydrogen-bond acceptors (Lipinski definition) is 3. The summed E-state index contributed by atoms with van der Waals surface area (Å²) in [5.74, 6) is 0. The zero-order valence-corrected chi connectivity index (χ0v) is 9.07. The summed E-state index contributed by atoms with van der Waals surface area (Å²) in [5, 5.41) is 8.61. The monoisotopic (exact) mass is 222 g/mol. The quantitative estimate of drug-likeness (QED) is 0.840. The van der Waals surface area contributed by atoms with Crippen molar-refractivity contribution >= 4 is 11.6 Å². The van der Waals surface area contributed by atoms with Crippen molar-refractivity contribution in [2.45, 2.75) is 6.54 Å². The average molecular weight is 223 g/mol. The maximum atomic E-state index is 5.93. The van der Waals surface area contributed by atoms with Gasteiger partial charge in [-0.2, -0.15) is 0 Å². The molecule has 0 bridgehead atoms. The maximum absolute atomic E-state index is 5.93. The summed E-state index contributed by atoms with van der Waals surface area (Å²) in [4.78, 5) is 0. The number of hydrogen-bond donors (Lipinski definition) is 1. The molecule has 1 aromatic heterocycles. The summed E-state index contributed by atoms with van der Waals surface area (Å²) in [6.45, 7) is 0.371. The molecule has 15 heavy (non-hydrogen) atoms. The summed E-state index contributed by atoms with van der Waals surface area (Å²) in [6, 6.07) is 7.56. The third-order valence-corrected chi connectivity index (χ3v) is 2.42. The van der Waals surface area contributed by atoms with E-state index in [1.54, 1.807) is 4.68 Å². The van der Waals surface area contributed by atoms with Gasteiger partial charge >= 0.3 is 0 Å². The van der Waals surface area contributed by atoms with Gasteiger partial charge in [-0.15, -0.1) is 5.10 Å². The van der Waals surface area contributed by atoms with Crippen LogP contribution in [0.25, 0.3) is 11.3 Å². The van der Waals surface area contributed by atoms with Gasteiger partial charge < -0.3 is 5.73 Å². The van der Waals surface area contributed by atoms with Gasteiger partial charge in [-0.05, 0) is 12.1 Å². The van der Waals surface area contributed by atoms with E-state index in [0.717, 1.165) is 17.0 Å². The van der Waals surface area contributed by atoms with Crippen LogP contribution < -0.4 is 5.73 Å². The molecule has 1 heterocycles. The minimum Gasteiger partial charge on any atom is -0.325 e. The van der Waals surface area contributed by atoms with Crippen LogP contribution in [-0.2, 0) is 13.6 Å². The van der Waals surface area contributed by atoms with Crippen LogP contribution in [0.3, 0.4) is 0 Å². The molecular formula is C10H11ClN4. The SMILES string of the molecule is Cn1nnc(CN)c1-c1cccc(Cl)c1. The van der Waals surface area contributed by atoms with Crippen LogP contribution >= 0.6 is 11.6 Å². The van der Waals surface area contributed by atoms with E-state index in [4.69, 9.17) is 17.3 Å². The van der Waals surface area contributed by atoms with Crippen molar-refractivity contribution in [2.24, 2.45) is 12.8 Å². The molecule has 0 radical (unpaired) electrons. The lowest BCUT2D eigenvalue weighted by Gasteiger charge is -2.03. The number of nitrogens with two attached hydrogens (primary N) is 1. The van der Waals surface area contributed by atoms with E-state index < -0.39 is 0 Å². The van der Waals surface area contributed by atoms with Crippen molar-refractivity contribution in [3.8, 4) is 11.3 Å². The average Bonchev–Trinajstić information content (AvgIpc) is 2.59. The molecule has 0 unspecified atom stereocenters. The molecule has 0 saturated carbocycles. The van der Waals surface area contributed by atoms with Crippen molar-refractivity contribution in [2.75, 3.05) is 0 Å². The van der Waals surface area contributed by atoms with Crippen LogP contribution in [-0.4, -0.2) is 15.0 Å². The number of nitrogens with zero attached hydrogens (tertiary/aromatic N) is 3. The first-order valence-corrected chi connectivity index (χ1v) is 4.94. The van der Waals surface area contributed by atoms with Gasteiger partial charge in [-0.3, -0.25) is 0 Å². The Bertz CT molecular complexity index is 478. The van der Waals surface area contributed by atoms with Crippen molar-refractivity contribution in [1.82, 2.24) is 15.0 Å². The van der Waals surface area contributed by atoms with Crippen molar-refractivity contribution in [1.29, 1.82) is 0 Å². The van der Waals surface area contributed by atoms with Crippen LogP contribution in [0.1, 0.15) is 5.69 Å². The molecule has 0 fully saturated rings. The molecule has 0 aliphatic carbocycles. The Labute approximate surface area is 92.7 Å². The minimum absolute atomic E-state index is 0.371. The molecule has 78 valence electrons. The third-order valence-electron chi connectivity index (χ3n) is 2.19. The summed E-state index contributed by atoms with van der Waals surface area (Å²) < 4.78 is 1.70. The third kappa shape index (κ3) is 1.86. The summed E-state index contributed by atoms with van der Waals surface area (Å²) in [6.07, 6.45) is 0. The first kappa shape index (κ1) is 10.1. The Morgan fingerprint density at radius 3 is 2.93 bits per heavy atom. The lowest BCUT2D eigenvalue weighted by atomic mass is 10.1. The maximum Gasteiger partial charge on any atom is 0.104 e. The Kier molecular flexibility index (Phi) is 2.70. The Morgan fingerprint density at radius 2 is 2.27 bits per heavy atom. The standard InChI is InChI=1S/C10H11ClN4/c1-15-10(9(6-12)13-14-15)7-3-2-4-8(11)5-7/h2-5H,6,12H2,1H3. The number of aryl methyl sites for hydroxylation is 1. The first-order chi connectivity index (χ1) is 7.22. The van der Waals surface area contributed by atoms with Gasteiger partial charge in [0.25, 0.3) is 0 Å². The topological polar surface area (TPSA) is 56.7 Å². The van der Waals surface area contributed by atoms with E-state index in [1.807, 2.05) is 31.3 Å². The number of rotatable bonds is 2. The molecule has 1 aromatic carbocycles. The van der Waals surface area contributed by atoms with E-state index in [9.17, 15) is 0 Å². The molecule has 0 atom stereocenters. The van der Waals surface area contributed by atoms with Gasteiger partial charge in [0.05, 0.1) is 5.69 Å². The van der Waals surface area contributed by atoms with Crippen LogP contribution in [0.5, 0.6) is 0 Å². The second kappa shape index (κ2) is 4.00. The molecule has 2 rings (SSSR count). The van der Waals surface area contributed by atoms with E-state index in [1.165, 1.54) is 0 Å². The Hall–Kier alpha value is -1.39. The summed E-state index contributed by atoms with van der Waals surface area (Å²) in [7, 11) is 1.84. The molecule has 0 aliphatic heterocycles. The van der Waals surface area contributed by atoms with E-state index in [0.29, 0.717) is 11.6 Å². The number of halogens is 1. The number of aromatic nitrogens is 3. The molecule has 4 nitrogen and oxygen atoms in total. The zero-order chi connectivity index (χ0) is 10.8. The normalized spacial score (nSPS) is 10.6. The van der Waals surface area contributed by atoms with Crippen molar-refractivity contribution in [3.05, 3.63) is 35.0 Å². The molecule has 2 N–H and O–H groups in total. The first-order valence-electron chi connectivity index (χ1n) is 4.57. The molecule has 0 saturated heterocycles. The van der Waals surface area contributed by atoms with Crippen LogP contribution in [0.4, 0.5) is 0 Å². The highest BCUT2D eigenvalue weighted by Crippen LogP contribution is 2.23. The lowest BCUT2D eigenvalue weighted by molar-refractivity contribution is 0.718. The van der Waals surface area contributed by atoms with E-state index >= 15 is 0 Å². The van der Waals surface area contributed by atoms with Crippen molar-refractivity contribution < 1.29 is 0 Å². The molecule has 0 aliphatic rings. The van der Waals surface area contributed by atoms with Crippen molar-refractivity contribution in [3.63, 3.8) is 0 Å². The molecule has 5 heteroatoms. The largest absolute Gasteiger partial charge is 0.325 e. The zero-order valence-electron chi connectivity index (χ0n) is 8.31. The van der Waals surface area contributed by atoms with Gasteiger partial charge in [-0.1, -0.05) is 28.9 Å². The molecule has 0 amide bonds. The lowest BCUT2D eigenvalue weighted by Crippen LogP contribution is -2.00. The van der Waals surface area contributed by atoms with Gasteiger partial charge in [0.2, 0.25) is 0 Å². The fourth-order valence-corrected chi connectivity index (χ4v) is 1.72.